The summed E-state index contributed by atoms with van der Waals surface area (Å²) in [6.07, 6.45) is 0. The number of amides is 1. The molecule has 1 amide bonds. The molecule has 0 fully saturated rings. The monoisotopic (exact) mass is 395 g/mol. The summed E-state index contributed by atoms with van der Waals surface area (Å²) in [5, 5.41) is 11.5. The molecular formula is C21H25N5OS. The minimum Gasteiger partial charge on any atom is -0.336 e. The SMILES string of the molecule is C[C@@H](Sc1nnc(C(C)(C)C)n1N)C(=O)Nc1ccccc1-c1ccccc1. The molecule has 0 aliphatic rings. The van der Waals surface area contributed by atoms with Crippen molar-refractivity contribution in [1.82, 2.24) is 14.9 Å². The zero-order valence-corrected chi connectivity index (χ0v) is 17.3. The number of para-hydroxylation sites is 1. The highest BCUT2D eigenvalue weighted by atomic mass is 32.2. The van der Waals surface area contributed by atoms with E-state index in [2.05, 4.69) is 15.5 Å². The summed E-state index contributed by atoms with van der Waals surface area (Å²) in [7, 11) is 0. The van der Waals surface area contributed by atoms with E-state index in [4.69, 9.17) is 5.84 Å². The maximum Gasteiger partial charge on any atom is 0.237 e. The van der Waals surface area contributed by atoms with Crippen molar-refractivity contribution in [3.8, 4) is 11.1 Å². The summed E-state index contributed by atoms with van der Waals surface area (Å²) < 4.78 is 1.46. The Kier molecular flexibility index (Phi) is 5.74. The smallest absolute Gasteiger partial charge is 0.237 e. The predicted octanol–water partition coefficient (Wildman–Crippen LogP) is 4.08. The highest BCUT2D eigenvalue weighted by molar-refractivity contribution is 8.00. The van der Waals surface area contributed by atoms with Crippen LogP contribution in [0.1, 0.15) is 33.5 Å². The summed E-state index contributed by atoms with van der Waals surface area (Å²) in [4.78, 5) is 12.8. The molecule has 0 aliphatic carbocycles. The van der Waals surface area contributed by atoms with E-state index in [1.54, 1.807) is 0 Å². The molecule has 0 spiro atoms. The van der Waals surface area contributed by atoms with Crippen LogP contribution in [0.15, 0.2) is 59.8 Å². The molecule has 1 heterocycles. The highest BCUT2D eigenvalue weighted by Gasteiger charge is 2.25. The van der Waals surface area contributed by atoms with Crippen LogP contribution >= 0.6 is 11.8 Å². The van der Waals surface area contributed by atoms with Gasteiger partial charge in [0.25, 0.3) is 0 Å². The molecule has 6 nitrogen and oxygen atoms in total. The Balaban J connectivity index is 1.75. The third kappa shape index (κ3) is 4.36. The number of benzene rings is 2. The molecule has 0 saturated carbocycles. The first-order valence-corrected chi connectivity index (χ1v) is 9.98. The number of nitrogen functional groups attached to an aromatic ring is 1. The van der Waals surface area contributed by atoms with Gasteiger partial charge in [0.15, 0.2) is 5.82 Å². The van der Waals surface area contributed by atoms with Crippen LogP contribution in [0, 0.1) is 0 Å². The average Bonchev–Trinajstić information content (AvgIpc) is 3.03. The van der Waals surface area contributed by atoms with E-state index in [9.17, 15) is 4.79 Å². The molecule has 146 valence electrons. The minimum absolute atomic E-state index is 0.117. The molecule has 0 bridgehead atoms. The first-order valence-electron chi connectivity index (χ1n) is 9.10. The Morgan fingerprint density at radius 2 is 1.71 bits per heavy atom. The summed E-state index contributed by atoms with van der Waals surface area (Å²) in [5.74, 6) is 6.69. The topological polar surface area (TPSA) is 85.8 Å². The quantitative estimate of drug-likeness (QED) is 0.502. The maximum absolute atomic E-state index is 12.8. The fraction of sp³-hybridized carbons (Fsp3) is 0.286. The molecular weight excluding hydrogens is 370 g/mol. The minimum atomic E-state index is -0.386. The summed E-state index contributed by atoms with van der Waals surface area (Å²) in [6, 6.07) is 17.7. The van der Waals surface area contributed by atoms with Gasteiger partial charge in [0.1, 0.15) is 0 Å². The predicted molar refractivity (Wildman–Crippen MR) is 115 cm³/mol. The van der Waals surface area contributed by atoms with E-state index in [1.165, 1.54) is 16.4 Å². The van der Waals surface area contributed by atoms with Gasteiger partial charge in [0.2, 0.25) is 11.1 Å². The Morgan fingerprint density at radius 1 is 1.07 bits per heavy atom. The van der Waals surface area contributed by atoms with Crippen molar-refractivity contribution in [3.05, 3.63) is 60.4 Å². The molecule has 0 radical (unpaired) electrons. The van der Waals surface area contributed by atoms with Gasteiger partial charge in [-0.1, -0.05) is 81.1 Å². The first-order chi connectivity index (χ1) is 13.3. The molecule has 3 aromatic rings. The van der Waals surface area contributed by atoms with Crippen LogP contribution in [0.3, 0.4) is 0 Å². The lowest BCUT2D eigenvalue weighted by molar-refractivity contribution is -0.115. The Morgan fingerprint density at radius 3 is 2.36 bits per heavy atom. The fourth-order valence-electron chi connectivity index (χ4n) is 2.78. The van der Waals surface area contributed by atoms with Crippen molar-refractivity contribution >= 4 is 23.4 Å². The summed E-state index contributed by atoms with van der Waals surface area (Å²) in [6.45, 7) is 7.89. The molecule has 2 aromatic carbocycles. The lowest BCUT2D eigenvalue weighted by Gasteiger charge is -2.17. The van der Waals surface area contributed by atoms with Crippen molar-refractivity contribution < 1.29 is 4.79 Å². The average molecular weight is 396 g/mol. The van der Waals surface area contributed by atoms with E-state index in [1.807, 2.05) is 82.3 Å². The number of hydrogen-bond donors (Lipinski definition) is 2. The number of rotatable bonds is 5. The van der Waals surface area contributed by atoms with Gasteiger partial charge in [0, 0.05) is 16.7 Å². The lowest BCUT2D eigenvalue weighted by Crippen LogP contribution is -2.26. The lowest BCUT2D eigenvalue weighted by atomic mass is 9.96. The van der Waals surface area contributed by atoms with Crippen LogP contribution in [0.5, 0.6) is 0 Å². The van der Waals surface area contributed by atoms with Crippen molar-refractivity contribution in [1.29, 1.82) is 0 Å². The number of aromatic nitrogens is 3. The Labute approximate surface area is 169 Å². The van der Waals surface area contributed by atoms with E-state index in [-0.39, 0.29) is 16.6 Å². The molecule has 0 unspecified atom stereocenters. The molecule has 7 heteroatoms. The van der Waals surface area contributed by atoms with Gasteiger partial charge in [-0.2, -0.15) is 0 Å². The third-order valence-corrected chi connectivity index (χ3v) is 5.31. The second-order valence-electron chi connectivity index (χ2n) is 7.59. The van der Waals surface area contributed by atoms with Gasteiger partial charge in [-0.05, 0) is 18.6 Å². The van der Waals surface area contributed by atoms with Crippen LogP contribution in [-0.2, 0) is 10.2 Å². The number of nitrogens with one attached hydrogen (secondary N) is 1. The van der Waals surface area contributed by atoms with Crippen LogP contribution < -0.4 is 11.2 Å². The Hall–Kier alpha value is -2.80. The number of anilines is 1. The summed E-state index contributed by atoms with van der Waals surface area (Å²) >= 11 is 1.29. The van der Waals surface area contributed by atoms with E-state index >= 15 is 0 Å². The molecule has 0 saturated heterocycles. The van der Waals surface area contributed by atoms with Gasteiger partial charge in [-0.25, -0.2) is 4.68 Å². The zero-order valence-electron chi connectivity index (χ0n) is 16.5. The maximum atomic E-state index is 12.8. The van der Waals surface area contributed by atoms with Crippen LogP contribution in [-0.4, -0.2) is 26.0 Å². The number of carbonyl (C=O) groups excluding carboxylic acids is 1. The molecule has 3 N–H and O–H groups in total. The van der Waals surface area contributed by atoms with E-state index in [0.29, 0.717) is 11.0 Å². The van der Waals surface area contributed by atoms with E-state index < -0.39 is 0 Å². The summed E-state index contributed by atoms with van der Waals surface area (Å²) in [5.41, 5.74) is 2.58. The highest BCUT2D eigenvalue weighted by Crippen LogP contribution is 2.30. The number of nitrogens with zero attached hydrogens (tertiary/aromatic N) is 3. The van der Waals surface area contributed by atoms with E-state index in [0.717, 1.165) is 16.8 Å². The second kappa shape index (κ2) is 8.06. The normalized spacial score (nSPS) is 12.6. The van der Waals surface area contributed by atoms with Crippen molar-refractivity contribution in [2.75, 3.05) is 11.2 Å². The number of nitrogens with two attached hydrogens (primary N) is 1. The Bertz CT molecular complexity index is 962. The van der Waals surface area contributed by atoms with Crippen LogP contribution in [0.4, 0.5) is 5.69 Å². The van der Waals surface area contributed by atoms with Gasteiger partial charge >= 0.3 is 0 Å². The first kappa shape index (κ1) is 19.9. The van der Waals surface area contributed by atoms with Gasteiger partial charge in [-0.3, -0.25) is 4.79 Å². The van der Waals surface area contributed by atoms with Gasteiger partial charge in [0.05, 0.1) is 5.25 Å². The van der Waals surface area contributed by atoms with Gasteiger partial charge < -0.3 is 11.2 Å². The molecule has 1 atom stereocenters. The fourth-order valence-corrected chi connectivity index (χ4v) is 3.55. The third-order valence-electron chi connectivity index (χ3n) is 4.26. The molecule has 1 aromatic heterocycles. The number of carbonyl (C=O) groups is 1. The molecule has 3 rings (SSSR count). The second-order valence-corrected chi connectivity index (χ2v) is 8.90. The standard InChI is InChI=1S/C21H25N5OS/c1-14(28-20-25-24-19(26(20)22)21(2,3)4)18(27)23-17-13-9-8-12-16(17)15-10-6-5-7-11-15/h5-14H,22H2,1-4H3,(H,23,27)/t14-/m1/s1. The van der Waals surface area contributed by atoms with Crippen molar-refractivity contribution in [3.63, 3.8) is 0 Å². The molecule has 0 aliphatic heterocycles. The molecule has 28 heavy (non-hydrogen) atoms. The van der Waals surface area contributed by atoms with Crippen LogP contribution in [0.25, 0.3) is 11.1 Å². The van der Waals surface area contributed by atoms with Crippen LogP contribution in [0.2, 0.25) is 0 Å². The number of hydrogen-bond acceptors (Lipinski definition) is 5. The zero-order chi connectivity index (χ0) is 20.3. The van der Waals surface area contributed by atoms with Crippen molar-refractivity contribution in [2.24, 2.45) is 0 Å². The van der Waals surface area contributed by atoms with Gasteiger partial charge in [-0.15, -0.1) is 10.2 Å². The number of thioether (sulfide) groups is 1. The largest absolute Gasteiger partial charge is 0.336 e. The van der Waals surface area contributed by atoms with Crippen molar-refractivity contribution in [2.45, 2.75) is 43.5 Å².